The Morgan fingerprint density at radius 1 is 0.980 bits per heavy atom. The topological polar surface area (TPSA) is 229 Å². The van der Waals surface area contributed by atoms with Gasteiger partial charge in [-0.05, 0) is 64.2 Å². The summed E-state index contributed by atoms with van der Waals surface area (Å²) in [6, 6.07) is 6.95. The number of phenolic OH excluding ortho intramolecular Hbond substituents is 2. The van der Waals surface area contributed by atoms with Crippen LogP contribution in [0.2, 0.25) is 0 Å². The number of likely N-dealkylation sites (N-methyl/N-ethyl adjacent to an activating group) is 1. The Labute approximate surface area is 280 Å². The van der Waals surface area contributed by atoms with Gasteiger partial charge in [0.15, 0.2) is 17.1 Å². The molecule has 2 amide bonds. The fourth-order valence-corrected chi connectivity index (χ4v) is 7.12. The first-order chi connectivity index (χ1) is 22.9. The van der Waals surface area contributed by atoms with Crippen LogP contribution in [0.3, 0.4) is 0 Å². The molecule has 260 valence electrons. The third-order valence-corrected chi connectivity index (χ3v) is 9.20. The predicted molar refractivity (Wildman–Crippen MR) is 176 cm³/mol. The highest BCUT2D eigenvalue weighted by Gasteiger charge is 2.66. The molecule has 0 aliphatic heterocycles. The molecule has 2 unspecified atom stereocenters. The minimum Gasteiger partial charge on any atom is -0.506 e. The second-order valence-electron chi connectivity index (χ2n) is 12.9. The number of nitrogens with zero attached hydrogens (tertiary/aromatic N) is 2. The normalized spacial score (nSPS) is 23.1. The molecule has 3 aromatic rings. The van der Waals surface area contributed by atoms with Crippen molar-refractivity contribution in [1.82, 2.24) is 4.90 Å². The van der Waals surface area contributed by atoms with Gasteiger partial charge in [0.25, 0.3) is 0 Å². The highest BCUT2D eigenvalue weighted by Crippen LogP contribution is 2.51. The lowest BCUT2D eigenvalue weighted by atomic mass is 9.57. The number of rotatable bonds is 7. The van der Waals surface area contributed by atoms with E-state index < -0.39 is 83.0 Å². The van der Waals surface area contributed by atoms with E-state index in [0.717, 1.165) is 11.1 Å². The summed E-state index contributed by atoms with van der Waals surface area (Å²) in [7, 11) is 6.42. The molecule has 3 aromatic carbocycles. The Kier molecular flexibility index (Phi) is 9.05. The van der Waals surface area contributed by atoms with Gasteiger partial charge in [0.05, 0.1) is 28.3 Å². The Morgan fingerprint density at radius 2 is 1.61 bits per heavy atom. The van der Waals surface area contributed by atoms with Crippen molar-refractivity contribution < 1.29 is 53.9 Å². The van der Waals surface area contributed by atoms with Crippen molar-refractivity contribution in [1.29, 1.82) is 0 Å². The molecule has 0 saturated heterocycles. The van der Waals surface area contributed by atoms with Gasteiger partial charge in [-0.15, -0.1) is 0 Å². The number of amides is 2. The Morgan fingerprint density at radius 3 is 2.18 bits per heavy atom. The molecule has 0 bridgehead atoms. The van der Waals surface area contributed by atoms with Crippen LogP contribution in [-0.4, -0.2) is 108 Å². The second kappa shape index (κ2) is 12.7. The highest BCUT2D eigenvalue weighted by molar-refractivity contribution is 6.26. The maximum atomic E-state index is 14.1. The van der Waals surface area contributed by atoms with Crippen LogP contribution in [0.1, 0.15) is 37.4 Å². The van der Waals surface area contributed by atoms with E-state index >= 15 is 0 Å². The van der Waals surface area contributed by atoms with Gasteiger partial charge in [-0.1, -0.05) is 17.2 Å². The van der Waals surface area contributed by atoms with Crippen molar-refractivity contribution in [3.63, 3.8) is 0 Å². The number of primary amides is 1. The molecule has 2 aliphatic carbocycles. The van der Waals surface area contributed by atoms with Crippen molar-refractivity contribution in [2.24, 2.45) is 17.6 Å². The summed E-state index contributed by atoms with van der Waals surface area (Å²) in [4.78, 5) is 68.1. The van der Waals surface area contributed by atoms with Crippen LogP contribution in [0.4, 0.5) is 16.2 Å². The van der Waals surface area contributed by atoms with E-state index in [9.17, 15) is 44.4 Å². The summed E-state index contributed by atoms with van der Waals surface area (Å²) < 4.78 is 10.0. The molecule has 5 rings (SSSR count). The quantitative estimate of drug-likeness (QED) is 0.0899. The molecule has 5 atom stereocenters. The summed E-state index contributed by atoms with van der Waals surface area (Å²) in [5, 5.41) is 48.0. The number of aliphatic hydroxyl groups is 2. The van der Waals surface area contributed by atoms with Crippen LogP contribution in [0.15, 0.2) is 30.3 Å². The van der Waals surface area contributed by atoms with Gasteiger partial charge in [-0.2, -0.15) is 0 Å². The number of carbonyl (C=O) groups excluding carboxylic acids is 5. The van der Waals surface area contributed by atoms with Gasteiger partial charge >= 0.3 is 12.1 Å². The number of benzene rings is 3. The van der Waals surface area contributed by atoms with Gasteiger partial charge in [-0.25, -0.2) is 9.59 Å². The number of nitrogens with one attached hydrogen (secondary N) is 1. The molecular weight excluding hydrogens is 640 g/mol. The Hall–Kier alpha value is -5.25. The molecule has 15 nitrogen and oxygen atoms in total. The lowest BCUT2D eigenvalue weighted by Crippen LogP contribution is -2.72. The zero-order valence-electron chi connectivity index (χ0n) is 27.7. The number of esters is 1. The predicted octanol–water partition coefficient (Wildman–Crippen LogP) is 1.36. The number of aliphatic hydroxyl groups excluding tert-OH is 1. The molecule has 1 fully saturated rings. The van der Waals surface area contributed by atoms with Crippen LogP contribution in [0.5, 0.6) is 11.5 Å². The number of carbonyl (C=O) groups is 5. The third-order valence-electron chi connectivity index (χ3n) is 9.20. The van der Waals surface area contributed by atoms with E-state index in [4.69, 9.17) is 15.2 Å². The van der Waals surface area contributed by atoms with E-state index in [1.54, 1.807) is 45.2 Å². The summed E-state index contributed by atoms with van der Waals surface area (Å²) in [6.45, 7) is 2.87. The largest absolute Gasteiger partial charge is 0.506 e. The number of aromatic hydroxyl groups is 2. The van der Waals surface area contributed by atoms with Crippen LogP contribution in [0, 0.1) is 25.7 Å². The number of fused-ring (bicyclic) bond motifs is 3. The van der Waals surface area contributed by atoms with E-state index in [0.29, 0.717) is 5.69 Å². The lowest BCUT2D eigenvalue weighted by Gasteiger charge is -2.51. The number of hydrogen-bond acceptors (Lipinski definition) is 13. The summed E-state index contributed by atoms with van der Waals surface area (Å²) in [5.74, 6) is -9.09. The first kappa shape index (κ1) is 35.1. The fraction of sp³-hybridized carbons (Fsp3) is 0.382. The number of phenols is 2. The maximum absolute atomic E-state index is 14.1. The van der Waals surface area contributed by atoms with Gasteiger partial charge in [0, 0.05) is 37.1 Å². The smallest absolute Gasteiger partial charge is 0.414 e. The van der Waals surface area contributed by atoms with Crippen LogP contribution >= 0.6 is 0 Å². The fourth-order valence-electron chi connectivity index (χ4n) is 7.12. The zero-order chi connectivity index (χ0) is 36.3. The standard InChI is InChI=1S/C34H38N4O11/c1-14-7-15(2)9-17(8-14)32(45)48-13-49-33(46)36-20-12-21(37(3)4)18-10-16-11-19-25(38(5)6)28(41)24(31(35)44)30(43)34(19,47)29(42)22(16)27(40)23(18)26(20)39/h7-10,12,19,24-25,28,39-41,47H,11,13H2,1-6H3,(H2,35,44)(H,36,46)/t19-,24?,25-,28?,34-/m0/s1. The molecule has 2 aliphatic rings. The van der Waals surface area contributed by atoms with E-state index in [2.05, 4.69) is 5.32 Å². The molecule has 7 N–H and O–H groups in total. The van der Waals surface area contributed by atoms with E-state index in [-0.39, 0.29) is 34.0 Å². The van der Waals surface area contributed by atoms with Gasteiger partial charge < -0.3 is 45.4 Å². The molecule has 0 spiro atoms. The van der Waals surface area contributed by atoms with Gasteiger partial charge in [0.2, 0.25) is 18.5 Å². The second-order valence-corrected chi connectivity index (χ2v) is 12.9. The summed E-state index contributed by atoms with van der Waals surface area (Å²) in [5.41, 5.74) is 4.37. The molecule has 0 heterocycles. The number of aryl methyl sites for hydroxylation is 2. The van der Waals surface area contributed by atoms with Crippen LogP contribution < -0.4 is 16.0 Å². The van der Waals surface area contributed by atoms with Crippen LogP contribution in [0.25, 0.3) is 10.8 Å². The van der Waals surface area contributed by atoms with Gasteiger partial charge in [0.1, 0.15) is 11.7 Å². The van der Waals surface area contributed by atoms with Crippen LogP contribution in [-0.2, 0) is 25.5 Å². The lowest BCUT2D eigenvalue weighted by molar-refractivity contribution is -0.169. The summed E-state index contributed by atoms with van der Waals surface area (Å²) >= 11 is 0. The number of anilines is 2. The molecule has 1 saturated carbocycles. The molecular formula is C34H38N4O11. The highest BCUT2D eigenvalue weighted by atomic mass is 16.7. The Balaban J connectivity index is 1.51. The number of hydrogen-bond donors (Lipinski definition) is 6. The first-order valence-corrected chi connectivity index (χ1v) is 15.3. The van der Waals surface area contributed by atoms with Crippen molar-refractivity contribution in [3.05, 3.63) is 58.1 Å². The number of Topliss-reactive ketones (excluding diaryl/α,β-unsaturated/α-hetero) is 2. The first-order valence-electron chi connectivity index (χ1n) is 15.3. The Bertz CT molecular complexity index is 1900. The monoisotopic (exact) mass is 678 g/mol. The zero-order valence-corrected chi connectivity index (χ0v) is 27.7. The van der Waals surface area contributed by atoms with Gasteiger partial charge in [-0.3, -0.25) is 19.7 Å². The van der Waals surface area contributed by atoms with Crippen molar-refractivity contribution in [2.45, 2.75) is 38.0 Å². The number of ether oxygens (including phenoxy) is 2. The minimum atomic E-state index is -2.85. The van der Waals surface area contributed by atoms with Crippen molar-refractivity contribution in [3.8, 4) is 11.5 Å². The van der Waals surface area contributed by atoms with Crippen molar-refractivity contribution in [2.75, 3.05) is 45.2 Å². The third kappa shape index (κ3) is 5.79. The minimum absolute atomic E-state index is 0.182. The average Bonchev–Trinajstić information content (AvgIpc) is 2.99. The maximum Gasteiger partial charge on any atom is 0.414 e. The van der Waals surface area contributed by atoms with Crippen molar-refractivity contribution >= 4 is 51.7 Å². The molecule has 0 radical (unpaired) electrons. The number of ketones is 2. The summed E-state index contributed by atoms with van der Waals surface area (Å²) in [6.07, 6.45) is -2.94. The van der Waals surface area contributed by atoms with E-state index in [1.807, 2.05) is 19.9 Å². The molecule has 15 heteroatoms. The van der Waals surface area contributed by atoms with E-state index in [1.165, 1.54) is 17.0 Å². The molecule has 0 aromatic heterocycles. The average molecular weight is 679 g/mol. The molecule has 49 heavy (non-hydrogen) atoms. The SMILES string of the molecule is Cc1cc(C)cc(C(=O)OCOC(=O)Nc2cc(N(C)C)c3cc4c(c(O)c3c2O)C(=O)[C@]2(O)C(=O)C(C(N)=O)C(O)[C@@H](N(C)C)[C@@H]2C4)c1. The number of nitrogens with two attached hydrogens (primary N) is 1.